The molecule has 1 aromatic heterocycles. The molecule has 2 heterocycles. The van der Waals surface area contributed by atoms with Crippen molar-refractivity contribution in [2.45, 2.75) is 18.8 Å². The van der Waals surface area contributed by atoms with E-state index in [1.165, 1.54) is 23.8 Å². The first-order valence-electron chi connectivity index (χ1n) is 9.97. The second-order valence-electron chi connectivity index (χ2n) is 7.51. The zero-order valence-electron chi connectivity index (χ0n) is 17.2. The number of carboxylic acids is 2. The highest BCUT2D eigenvalue weighted by Crippen LogP contribution is 2.34. The van der Waals surface area contributed by atoms with Gasteiger partial charge in [0.05, 0.1) is 0 Å². The number of amides is 1. The van der Waals surface area contributed by atoms with Crippen molar-refractivity contribution < 1.29 is 24.6 Å². The van der Waals surface area contributed by atoms with Crippen molar-refractivity contribution in [1.82, 2.24) is 9.88 Å². The van der Waals surface area contributed by atoms with Gasteiger partial charge in [-0.2, -0.15) is 0 Å². The number of carbonyl (C=O) groups excluding carboxylic acids is 1. The fourth-order valence-electron chi connectivity index (χ4n) is 3.67. The van der Waals surface area contributed by atoms with E-state index in [0.717, 1.165) is 24.3 Å². The smallest absolute Gasteiger partial charge is 0.414 e. The Labute approximate surface area is 179 Å². The molecule has 1 aliphatic heterocycles. The number of fused-ring (bicyclic) bond motifs is 1. The van der Waals surface area contributed by atoms with Crippen molar-refractivity contribution in [3.05, 3.63) is 65.9 Å². The van der Waals surface area contributed by atoms with Crippen LogP contribution in [0.4, 0.5) is 5.69 Å². The van der Waals surface area contributed by atoms with Gasteiger partial charge in [0.25, 0.3) is 5.91 Å². The van der Waals surface area contributed by atoms with Gasteiger partial charge in [0.2, 0.25) is 0 Å². The fraction of sp³-hybridized carbons (Fsp3) is 0.261. The minimum absolute atomic E-state index is 0.0728. The Bertz CT molecular complexity index is 1060. The van der Waals surface area contributed by atoms with Gasteiger partial charge in [0, 0.05) is 28.4 Å². The number of piperidine rings is 1. The van der Waals surface area contributed by atoms with Gasteiger partial charge in [-0.1, -0.05) is 18.2 Å². The van der Waals surface area contributed by atoms with Crippen molar-refractivity contribution in [3.8, 4) is 0 Å². The Kier molecular flexibility index (Phi) is 7.04. The maximum Gasteiger partial charge on any atom is 0.414 e. The van der Waals surface area contributed by atoms with Gasteiger partial charge in [-0.05, 0) is 74.8 Å². The molecule has 0 aliphatic carbocycles. The highest BCUT2D eigenvalue weighted by Gasteiger charge is 2.21. The van der Waals surface area contributed by atoms with Crippen molar-refractivity contribution >= 4 is 34.4 Å². The predicted octanol–water partition coefficient (Wildman–Crippen LogP) is 3.39. The summed E-state index contributed by atoms with van der Waals surface area (Å²) in [5.74, 6) is -3.13. The van der Waals surface area contributed by atoms with Crippen molar-refractivity contribution in [2.75, 3.05) is 25.5 Å². The van der Waals surface area contributed by atoms with Gasteiger partial charge < -0.3 is 25.4 Å². The SMILES string of the molecule is CN1CCC(c2c[nH]c3ccc(NC(=O)c4ccccc4)cc23)CC1.O=C(O)C(=O)O. The van der Waals surface area contributed by atoms with Crippen LogP contribution in [0, 0.1) is 0 Å². The van der Waals surface area contributed by atoms with Crippen molar-refractivity contribution in [1.29, 1.82) is 0 Å². The van der Waals surface area contributed by atoms with Gasteiger partial charge in [0.15, 0.2) is 0 Å². The summed E-state index contributed by atoms with van der Waals surface area (Å²) in [5, 5.41) is 19.0. The number of carboxylic acid groups (broad SMARTS) is 2. The number of hydrogen-bond donors (Lipinski definition) is 4. The Balaban J connectivity index is 0.000000401. The van der Waals surface area contributed by atoms with Crippen LogP contribution in [-0.2, 0) is 9.59 Å². The lowest BCUT2D eigenvalue weighted by atomic mass is 9.89. The minimum Gasteiger partial charge on any atom is -0.473 e. The monoisotopic (exact) mass is 423 g/mol. The molecule has 2 aromatic carbocycles. The number of hydrogen-bond acceptors (Lipinski definition) is 4. The maximum atomic E-state index is 12.4. The number of carbonyl (C=O) groups is 3. The Morgan fingerprint density at radius 2 is 1.65 bits per heavy atom. The number of aliphatic carboxylic acids is 2. The second kappa shape index (κ2) is 9.90. The largest absolute Gasteiger partial charge is 0.473 e. The zero-order chi connectivity index (χ0) is 22.4. The van der Waals surface area contributed by atoms with Gasteiger partial charge in [-0.3, -0.25) is 4.79 Å². The van der Waals surface area contributed by atoms with E-state index in [4.69, 9.17) is 19.8 Å². The number of aromatic amines is 1. The quantitative estimate of drug-likeness (QED) is 0.479. The highest BCUT2D eigenvalue weighted by molar-refractivity contribution is 6.27. The molecule has 162 valence electrons. The number of benzene rings is 2. The number of H-pyrrole nitrogens is 1. The molecule has 4 rings (SSSR count). The molecule has 1 saturated heterocycles. The molecule has 0 spiro atoms. The van der Waals surface area contributed by atoms with E-state index in [2.05, 4.69) is 34.5 Å². The molecule has 8 nitrogen and oxygen atoms in total. The van der Waals surface area contributed by atoms with E-state index in [0.29, 0.717) is 11.5 Å². The molecule has 1 amide bonds. The van der Waals surface area contributed by atoms with Crippen LogP contribution in [-0.4, -0.2) is 58.1 Å². The van der Waals surface area contributed by atoms with Gasteiger partial charge in [0.1, 0.15) is 0 Å². The first-order valence-corrected chi connectivity index (χ1v) is 9.97. The Hall–Kier alpha value is -3.65. The predicted molar refractivity (Wildman–Crippen MR) is 117 cm³/mol. The number of anilines is 1. The number of aromatic nitrogens is 1. The molecular formula is C23H25N3O5. The molecule has 0 radical (unpaired) electrons. The van der Waals surface area contributed by atoms with Crippen molar-refractivity contribution in [2.24, 2.45) is 0 Å². The van der Waals surface area contributed by atoms with Crippen LogP contribution >= 0.6 is 0 Å². The van der Waals surface area contributed by atoms with Gasteiger partial charge in [-0.15, -0.1) is 0 Å². The van der Waals surface area contributed by atoms with E-state index in [-0.39, 0.29) is 5.91 Å². The molecular weight excluding hydrogens is 398 g/mol. The summed E-state index contributed by atoms with van der Waals surface area (Å²) >= 11 is 0. The average Bonchev–Trinajstić information content (AvgIpc) is 3.18. The van der Waals surface area contributed by atoms with E-state index >= 15 is 0 Å². The van der Waals surface area contributed by atoms with Crippen LogP contribution in [0.2, 0.25) is 0 Å². The lowest BCUT2D eigenvalue weighted by molar-refractivity contribution is -0.159. The molecule has 3 aromatic rings. The number of nitrogens with one attached hydrogen (secondary N) is 2. The van der Waals surface area contributed by atoms with Crippen LogP contribution in [0.1, 0.15) is 34.7 Å². The molecule has 0 unspecified atom stereocenters. The Morgan fingerprint density at radius 3 is 2.26 bits per heavy atom. The molecule has 31 heavy (non-hydrogen) atoms. The van der Waals surface area contributed by atoms with E-state index in [9.17, 15) is 4.79 Å². The Morgan fingerprint density at radius 1 is 1.00 bits per heavy atom. The third-order valence-electron chi connectivity index (χ3n) is 5.35. The topological polar surface area (TPSA) is 123 Å². The molecule has 8 heteroatoms. The summed E-state index contributed by atoms with van der Waals surface area (Å²) < 4.78 is 0. The van der Waals surface area contributed by atoms with Crippen LogP contribution in [0.3, 0.4) is 0 Å². The highest BCUT2D eigenvalue weighted by atomic mass is 16.4. The summed E-state index contributed by atoms with van der Waals surface area (Å²) in [6.07, 6.45) is 4.51. The second-order valence-corrected chi connectivity index (χ2v) is 7.51. The normalized spacial score (nSPS) is 14.5. The minimum atomic E-state index is -1.82. The fourth-order valence-corrected chi connectivity index (χ4v) is 3.67. The maximum absolute atomic E-state index is 12.4. The number of rotatable bonds is 3. The van der Waals surface area contributed by atoms with Crippen molar-refractivity contribution in [3.63, 3.8) is 0 Å². The van der Waals surface area contributed by atoms with E-state index in [1.807, 2.05) is 42.5 Å². The summed E-state index contributed by atoms with van der Waals surface area (Å²) in [4.78, 5) is 36.4. The van der Waals surface area contributed by atoms with Crippen LogP contribution in [0.5, 0.6) is 0 Å². The first-order chi connectivity index (χ1) is 14.8. The summed E-state index contributed by atoms with van der Waals surface area (Å²) in [5.41, 5.74) is 4.02. The summed E-state index contributed by atoms with van der Waals surface area (Å²) in [6, 6.07) is 15.4. The van der Waals surface area contributed by atoms with Crippen LogP contribution in [0.25, 0.3) is 10.9 Å². The zero-order valence-corrected chi connectivity index (χ0v) is 17.2. The lowest BCUT2D eigenvalue weighted by Crippen LogP contribution is -2.29. The molecule has 1 aliphatic rings. The molecule has 4 N–H and O–H groups in total. The summed E-state index contributed by atoms with van der Waals surface area (Å²) in [6.45, 7) is 2.28. The summed E-state index contributed by atoms with van der Waals surface area (Å²) in [7, 11) is 2.18. The first kappa shape index (κ1) is 22.0. The molecule has 1 fully saturated rings. The van der Waals surface area contributed by atoms with Crippen LogP contribution < -0.4 is 5.32 Å². The standard InChI is InChI=1S/C21H23N3O.C2H2O4/c1-24-11-9-15(10-12-24)19-14-22-20-8-7-17(13-18(19)20)23-21(25)16-5-3-2-4-6-16;3-1(4)2(5)6/h2-8,13-15,22H,9-12H2,1H3,(H,23,25);(H,3,4)(H,5,6). The molecule has 0 bridgehead atoms. The van der Waals surface area contributed by atoms with E-state index in [1.54, 1.807) is 0 Å². The van der Waals surface area contributed by atoms with Crippen LogP contribution in [0.15, 0.2) is 54.7 Å². The van der Waals surface area contributed by atoms with E-state index < -0.39 is 11.9 Å². The number of likely N-dealkylation sites (tertiary alicyclic amines) is 1. The lowest BCUT2D eigenvalue weighted by Gasteiger charge is -2.28. The molecule has 0 atom stereocenters. The number of nitrogens with zero attached hydrogens (tertiary/aromatic N) is 1. The average molecular weight is 423 g/mol. The van der Waals surface area contributed by atoms with Gasteiger partial charge >= 0.3 is 11.9 Å². The third kappa shape index (κ3) is 5.70. The van der Waals surface area contributed by atoms with Gasteiger partial charge in [-0.25, -0.2) is 9.59 Å². The molecule has 0 saturated carbocycles. The third-order valence-corrected chi connectivity index (χ3v) is 5.35.